The lowest BCUT2D eigenvalue weighted by Crippen LogP contribution is -2.31. The molecule has 112 valence electrons. The quantitative estimate of drug-likeness (QED) is 0.555. The normalized spacial score (nSPS) is 10.5. The number of carboxylic acid groups (broad SMARTS) is 1. The molecule has 0 aliphatic carbocycles. The third-order valence-corrected chi connectivity index (χ3v) is 2.50. The van der Waals surface area contributed by atoms with Crippen molar-refractivity contribution in [3.05, 3.63) is 11.4 Å². The molecule has 0 unspecified atom stereocenters. The maximum Gasteiger partial charge on any atom is 0.358 e. The van der Waals surface area contributed by atoms with Gasteiger partial charge in [-0.1, -0.05) is 5.21 Å². The fraction of sp³-hybridized carbons (Fsp3) is 0.636. The number of ether oxygens (including phenoxy) is 2. The van der Waals surface area contributed by atoms with Crippen LogP contribution >= 0.6 is 0 Å². The Labute approximate surface area is 115 Å². The summed E-state index contributed by atoms with van der Waals surface area (Å²) in [6.45, 7) is 1.01. The molecule has 0 aliphatic rings. The Bertz CT molecular complexity index is 460. The number of rotatable bonds is 9. The highest BCUT2D eigenvalue weighted by molar-refractivity contribution is 5.86. The number of methoxy groups -OCH3 is 2. The average molecular weight is 286 g/mol. The van der Waals surface area contributed by atoms with E-state index in [1.165, 1.54) is 18.9 Å². The Kier molecular flexibility index (Phi) is 6.60. The standard InChI is InChI=1S/C11H18N4O5/c1-19-5-3-8-10(11(17)18)13-14-15(8)7-9(16)12-4-6-20-2/h3-7H2,1-2H3,(H,12,16)(H,17,18). The molecule has 0 aliphatic heterocycles. The molecule has 2 N–H and O–H groups in total. The fourth-order valence-corrected chi connectivity index (χ4v) is 1.56. The van der Waals surface area contributed by atoms with Crippen molar-refractivity contribution in [2.24, 2.45) is 0 Å². The zero-order valence-corrected chi connectivity index (χ0v) is 11.5. The number of aromatic carboxylic acids is 1. The van der Waals surface area contributed by atoms with E-state index in [9.17, 15) is 9.59 Å². The van der Waals surface area contributed by atoms with Gasteiger partial charge in [0.25, 0.3) is 0 Å². The minimum Gasteiger partial charge on any atom is -0.476 e. The Hall–Kier alpha value is -2.00. The Balaban J connectivity index is 2.73. The molecule has 0 saturated heterocycles. The van der Waals surface area contributed by atoms with Crippen LogP contribution in [-0.2, 0) is 27.2 Å². The second-order valence-corrected chi connectivity index (χ2v) is 3.93. The molecule has 1 rings (SSSR count). The number of hydrogen-bond acceptors (Lipinski definition) is 6. The third-order valence-electron chi connectivity index (χ3n) is 2.50. The predicted molar refractivity (Wildman–Crippen MR) is 67.4 cm³/mol. The summed E-state index contributed by atoms with van der Waals surface area (Å²) in [6, 6.07) is 0. The zero-order valence-electron chi connectivity index (χ0n) is 11.5. The van der Waals surface area contributed by atoms with Crippen molar-refractivity contribution in [2.75, 3.05) is 34.0 Å². The summed E-state index contributed by atoms with van der Waals surface area (Å²) in [5.74, 6) is -1.47. The Morgan fingerprint density at radius 3 is 2.60 bits per heavy atom. The van der Waals surface area contributed by atoms with Crippen LogP contribution in [0, 0.1) is 0 Å². The van der Waals surface area contributed by atoms with E-state index in [1.807, 2.05) is 0 Å². The van der Waals surface area contributed by atoms with Gasteiger partial charge in [0.1, 0.15) is 6.54 Å². The number of nitrogens with one attached hydrogen (secondary N) is 1. The van der Waals surface area contributed by atoms with Crippen LogP contribution in [0.5, 0.6) is 0 Å². The minimum atomic E-state index is -1.18. The molecule has 0 atom stereocenters. The molecule has 0 saturated carbocycles. The molecule has 20 heavy (non-hydrogen) atoms. The first-order chi connectivity index (χ1) is 9.60. The summed E-state index contributed by atoms with van der Waals surface area (Å²) < 4.78 is 11.0. The van der Waals surface area contributed by atoms with E-state index in [4.69, 9.17) is 14.6 Å². The van der Waals surface area contributed by atoms with Gasteiger partial charge in [-0.05, 0) is 0 Å². The zero-order chi connectivity index (χ0) is 15.0. The van der Waals surface area contributed by atoms with Crippen LogP contribution < -0.4 is 5.32 Å². The monoisotopic (exact) mass is 286 g/mol. The predicted octanol–water partition coefficient (Wildman–Crippen LogP) is -1.07. The summed E-state index contributed by atoms with van der Waals surface area (Å²) >= 11 is 0. The van der Waals surface area contributed by atoms with Crippen LogP contribution in [0.15, 0.2) is 0 Å². The van der Waals surface area contributed by atoms with Crippen molar-refractivity contribution >= 4 is 11.9 Å². The SMILES string of the molecule is COCCNC(=O)Cn1nnc(C(=O)O)c1CCOC. The van der Waals surface area contributed by atoms with Crippen LogP contribution in [0.1, 0.15) is 16.2 Å². The molecule has 0 aromatic carbocycles. The van der Waals surface area contributed by atoms with Crippen molar-refractivity contribution < 1.29 is 24.2 Å². The molecule has 1 aromatic heterocycles. The number of carboxylic acids is 1. The van der Waals surface area contributed by atoms with Crippen molar-refractivity contribution in [1.82, 2.24) is 20.3 Å². The van der Waals surface area contributed by atoms with E-state index in [1.54, 1.807) is 0 Å². The van der Waals surface area contributed by atoms with Crippen molar-refractivity contribution in [2.45, 2.75) is 13.0 Å². The van der Waals surface area contributed by atoms with Crippen LogP contribution in [0.4, 0.5) is 0 Å². The third kappa shape index (κ3) is 4.59. The van der Waals surface area contributed by atoms with Gasteiger partial charge in [-0.15, -0.1) is 5.10 Å². The van der Waals surface area contributed by atoms with Gasteiger partial charge in [-0.2, -0.15) is 0 Å². The summed E-state index contributed by atoms with van der Waals surface area (Å²) in [5, 5.41) is 18.9. The van der Waals surface area contributed by atoms with E-state index < -0.39 is 5.97 Å². The van der Waals surface area contributed by atoms with E-state index in [-0.39, 0.29) is 18.1 Å². The minimum absolute atomic E-state index is 0.0942. The molecule has 0 bridgehead atoms. The first-order valence-electron chi connectivity index (χ1n) is 6.00. The molecule has 0 spiro atoms. The molecular weight excluding hydrogens is 268 g/mol. The van der Waals surface area contributed by atoms with Crippen molar-refractivity contribution in [3.8, 4) is 0 Å². The average Bonchev–Trinajstić information content (AvgIpc) is 2.79. The first kappa shape index (κ1) is 16.1. The number of nitrogens with zero attached hydrogens (tertiary/aromatic N) is 3. The lowest BCUT2D eigenvalue weighted by molar-refractivity contribution is -0.122. The highest BCUT2D eigenvalue weighted by Gasteiger charge is 2.19. The maximum absolute atomic E-state index is 11.7. The molecule has 1 aromatic rings. The van der Waals surface area contributed by atoms with Gasteiger partial charge in [0.2, 0.25) is 5.91 Å². The second kappa shape index (κ2) is 8.23. The van der Waals surface area contributed by atoms with Crippen LogP contribution in [0.25, 0.3) is 0 Å². The molecule has 1 amide bonds. The molecular formula is C11H18N4O5. The molecule has 1 heterocycles. The van der Waals surface area contributed by atoms with Gasteiger partial charge in [-0.25, -0.2) is 9.48 Å². The van der Waals surface area contributed by atoms with Gasteiger partial charge in [-0.3, -0.25) is 4.79 Å². The number of aromatic nitrogens is 3. The van der Waals surface area contributed by atoms with E-state index in [0.29, 0.717) is 31.9 Å². The molecule has 0 fully saturated rings. The first-order valence-corrected chi connectivity index (χ1v) is 6.00. The topological polar surface area (TPSA) is 116 Å². The largest absolute Gasteiger partial charge is 0.476 e. The summed E-state index contributed by atoms with van der Waals surface area (Å²) in [4.78, 5) is 22.7. The van der Waals surface area contributed by atoms with Crippen LogP contribution in [-0.4, -0.2) is 66.0 Å². The second-order valence-electron chi connectivity index (χ2n) is 3.93. The van der Waals surface area contributed by atoms with Crippen LogP contribution in [0.3, 0.4) is 0 Å². The number of hydrogen-bond donors (Lipinski definition) is 2. The van der Waals surface area contributed by atoms with E-state index >= 15 is 0 Å². The lowest BCUT2D eigenvalue weighted by Gasteiger charge is -2.07. The summed E-state index contributed by atoms with van der Waals surface area (Å²) in [5.41, 5.74) is 0.202. The van der Waals surface area contributed by atoms with E-state index in [0.717, 1.165) is 0 Å². The van der Waals surface area contributed by atoms with Gasteiger partial charge in [0.05, 0.1) is 18.9 Å². The summed E-state index contributed by atoms with van der Waals surface area (Å²) in [7, 11) is 3.04. The molecule has 0 radical (unpaired) electrons. The fourth-order valence-electron chi connectivity index (χ4n) is 1.56. The summed E-state index contributed by atoms with van der Waals surface area (Å²) in [6.07, 6.45) is 0.316. The number of carbonyl (C=O) groups excluding carboxylic acids is 1. The Morgan fingerprint density at radius 2 is 2.00 bits per heavy atom. The van der Waals surface area contributed by atoms with Crippen molar-refractivity contribution in [1.29, 1.82) is 0 Å². The molecule has 9 nitrogen and oxygen atoms in total. The van der Waals surface area contributed by atoms with Gasteiger partial charge >= 0.3 is 5.97 Å². The highest BCUT2D eigenvalue weighted by atomic mass is 16.5. The van der Waals surface area contributed by atoms with Crippen molar-refractivity contribution in [3.63, 3.8) is 0 Å². The van der Waals surface area contributed by atoms with Crippen LogP contribution in [0.2, 0.25) is 0 Å². The van der Waals surface area contributed by atoms with Gasteiger partial charge in [0.15, 0.2) is 5.69 Å². The number of carbonyl (C=O) groups is 2. The van der Waals surface area contributed by atoms with E-state index in [2.05, 4.69) is 15.6 Å². The van der Waals surface area contributed by atoms with Gasteiger partial charge < -0.3 is 19.9 Å². The number of amides is 1. The Morgan fingerprint density at radius 1 is 1.30 bits per heavy atom. The lowest BCUT2D eigenvalue weighted by atomic mass is 10.2. The highest BCUT2D eigenvalue weighted by Crippen LogP contribution is 2.07. The van der Waals surface area contributed by atoms with Gasteiger partial charge in [0, 0.05) is 27.2 Å². The molecule has 9 heteroatoms. The smallest absolute Gasteiger partial charge is 0.358 e. The maximum atomic E-state index is 11.7.